The monoisotopic (exact) mass is 246 g/mol. The van der Waals surface area contributed by atoms with Gasteiger partial charge in [-0.3, -0.25) is 4.79 Å². The minimum atomic E-state index is -0.0667. The number of nitrogens with zero attached hydrogens (tertiary/aromatic N) is 1. The standard InChI is InChI=1S/C15H22N2O/c1-11-10-14(16)8-9-17(11)15(18)12(2)13-6-4-3-5-7-13/h3-7,11-12,14H,8-10,16H2,1-2H3. The van der Waals surface area contributed by atoms with Crippen LogP contribution in [0, 0.1) is 0 Å². The summed E-state index contributed by atoms with van der Waals surface area (Å²) in [4.78, 5) is 14.5. The highest BCUT2D eigenvalue weighted by molar-refractivity contribution is 5.83. The van der Waals surface area contributed by atoms with Gasteiger partial charge >= 0.3 is 0 Å². The second-order valence-corrected chi connectivity index (χ2v) is 5.30. The Balaban J connectivity index is 2.07. The SMILES string of the molecule is CC(C(=O)N1CCC(N)CC1C)c1ccccc1. The highest BCUT2D eigenvalue weighted by atomic mass is 16.2. The van der Waals surface area contributed by atoms with Crippen LogP contribution in [0.4, 0.5) is 0 Å². The van der Waals surface area contributed by atoms with Crippen LogP contribution in [0.2, 0.25) is 0 Å². The summed E-state index contributed by atoms with van der Waals surface area (Å²) < 4.78 is 0. The molecule has 3 atom stereocenters. The molecule has 0 aliphatic carbocycles. The molecule has 1 aliphatic heterocycles. The second-order valence-electron chi connectivity index (χ2n) is 5.30. The number of carbonyl (C=O) groups excluding carboxylic acids is 1. The van der Waals surface area contributed by atoms with Gasteiger partial charge < -0.3 is 10.6 Å². The Morgan fingerprint density at radius 1 is 1.39 bits per heavy atom. The van der Waals surface area contributed by atoms with E-state index in [1.165, 1.54) is 0 Å². The molecule has 1 aromatic rings. The van der Waals surface area contributed by atoms with E-state index in [9.17, 15) is 4.79 Å². The van der Waals surface area contributed by atoms with E-state index < -0.39 is 0 Å². The van der Waals surface area contributed by atoms with Crippen molar-refractivity contribution in [2.24, 2.45) is 5.73 Å². The van der Waals surface area contributed by atoms with Crippen LogP contribution in [-0.4, -0.2) is 29.4 Å². The van der Waals surface area contributed by atoms with Crippen molar-refractivity contribution in [2.75, 3.05) is 6.54 Å². The number of rotatable bonds is 2. The Morgan fingerprint density at radius 2 is 2.06 bits per heavy atom. The third-order valence-electron chi connectivity index (χ3n) is 3.87. The first-order valence-corrected chi connectivity index (χ1v) is 6.70. The molecule has 0 aromatic heterocycles. The lowest BCUT2D eigenvalue weighted by Crippen LogP contribution is -2.49. The molecule has 3 nitrogen and oxygen atoms in total. The van der Waals surface area contributed by atoms with Gasteiger partial charge in [0.2, 0.25) is 5.91 Å². The van der Waals surface area contributed by atoms with Gasteiger partial charge in [-0.2, -0.15) is 0 Å². The fraction of sp³-hybridized carbons (Fsp3) is 0.533. The van der Waals surface area contributed by atoms with Crippen LogP contribution in [0.3, 0.4) is 0 Å². The van der Waals surface area contributed by atoms with E-state index in [2.05, 4.69) is 6.92 Å². The minimum absolute atomic E-state index is 0.0667. The van der Waals surface area contributed by atoms with Gasteiger partial charge in [0.25, 0.3) is 0 Å². The molecule has 1 heterocycles. The van der Waals surface area contributed by atoms with Crippen LogP contribution in [-0.2, 0) is 4.79 Å². The van der Waals surface area contributed by atoms with Crippen LogP contribution < -0.4 is 5.73 Å². The number of piperidine rings is 1. The summed E-state index contributed by atoms with van der Waals surface area (Å²) >= 11 is 0. The largest absolute Gasteiger partial charge is 0.339 e. The van der Waals surface area contributed by atoms with Gasteiger partial charge in [0.1, 0.15) is 0 Å². The van der Waals surface area contributed by atoms with E-state index in [1.807, 2.05) is 42.2 Å². The first kappa shape index (κ1) is 13.1. The van der Waals surface area contributed by atoms with Crippen LogP contribution in [0.5, 0.6) is 0 Å². The number of hydrogen-bond donors (Lipinski definition) is 1. The lowest BCUT2D eigenvalue weighted by Gasteiger charge is -2.38. The Hall–Kier alpha value is -1.35. The molecule has 18 heavy (non-hydrogen) atoms. The van der Waals surface area contributed by atoms with Crippen molar-refractivity contribution in [3.05, 3.63) is 35.9 Å². The maximum Gasteiger partial charge on any atom is 0.230 e. The summed E-state index contributed by atoms with van der Waals surface area (Å²) in [6, 6.07) is 10.5. The normalized spacial score (nSPS) is 25.8. The molecule has 98 valence electrons. The Kier molecular flexibility index (Phi) is 4.02. The zero-order valence-corrected chi connectivity index (χ0v) is 11.2. The van der Waals surface area contributed by atoms with Crippen LogP contribution in [0.15, 0.2) is 30.3 Å². The molecule has 2 rings (SSSR count). The van der Waals surface area contributed by atoms with Gasteiger partial charge in [-0.05, 0) is 32.3 Å². The van der Waals surface area contributed by atoms with E-state index in [1.54, 1.807) is 0 Å². The summed E-state index contributed by atoms with van der Waals surface area (Å²) in [6.45, 7) is 4.87. The molecule has 1 aromatic carbocycles. The van der Waals surface area contributed by atoms with Gasteiger partial charge in [0.05, 0.1) is 5.92 Å². The zero-order valence-electron chi connectivity index (χ0n) is 11.2. The predicted molar refractivity (Wildman–Crippen MR) is 73.2 cm³/mol. The van der Waals surface area contributed by atoms with Crippen molar-refractivity contribution in [2.45, 2.75) is 44.7 Å². The average Bonchev–Trinajstić information content (AvgIpc) is 2.38. The van der Waals surface area contributed by atoms with Crippen molar-refractivity contribution in [3.63, 3.8) is 0 Å². The van der Waals surface area contributed by atoms with Crippen LogP contribution in [0.1, 0.15) is 38.2 Å². The zero-order chi connectivity index (χ0) is 13.1. The first-order valence-electron chi connectivity index (χ1n) is 6.70. The third kappa shape index (κ3) is 2.72. The van der Waals surface area contributed by atoms with E-state index in [0.29, 0.717) is 0 Å². The predicted octanol–water partition coefficient (Wildman–Crippen LogP) is 2.13. The maximum atomic E-state index is 12.5. The summed E-state index contributed by atoms with van der Waals surface area (Å²) in [5.74, 6) is 0.156. The van der Waals surface area contributed by atoms with Crippen molar-refractivity contribution >= 4 is 5.91 Å². The highest BCUT2D eigenvalue weighted by Gasteiger charge is 2.30. The van der Waals surface area contributed by atoms with Gasteiger partial charge in [-0.1, -0.05) is 30.3 Å². The number of carbonyl (C=O) groups is 1. The Labute approximate surface area is 109 Å². The van der Waals surface area contributed by atoms with Gasteiger partial charge in [-0.15, -0.1) is 0 Å². The number of benzene rings is 1. The molecule has 1 amide bonds. The van der Waals surface area contributed by atoms with E-state index in [-0.39, 0.29) is 23.9 Å². The quantitative estimate of drug-likeness (QED) is 0.869. The topological polar surface area (TPSA) is 46.3 Å². The van der Waals surface area contributed by atoms with E-state index in [4.69, 9.17) is 5.73 Å². The molecule has 0 spiro atoms. The highest BCUT2D eigenvalue weighted by Crippen LogP contribution is 2.23. The van der Waals surface area contributed by atoms with Crippen LogP contribution >= 0.6 is 0 Å². The van der Waals surface area contributed by atoms with Crippen molar-refractivity contribution in [1.29, 1.82) is 0 Å². The van der Waals surface area contributed by atoms with Crippen molar-refractivity contribution in [1.82, 2.24) is 4.90 Å². The van der Waals surface area contributed by atoms with Crippen molar-refractivity contribution in [3.8, 4) is 0 Å². The lowest BCUT2D eigenvalue weighted by atomic mass is 9.94. The molecule has 2 N–H and O–H groups in total. The molecule has 0 bridgehead atoms. The fourth-order valence-electron chi connectivity index (χ4n) is 2.67. The number of likely N-dealkylation sites (tertiary alicyclic amines) is 1. The Morgan fingerprint density at radius 3 is 2.67 bits per heavy atom. The second kappa shape index (κ2) is 5.53. The van der Waals surface area contributed by atoms with Gasteiger partial charge in [-0.25, -0.2) is 0 Å². The summed E-state index contributed by atoms with van der Waals surface area (Å²) in [5.41, 5.74) is 7.02. The maximum absolute atomic E-state index is 12.5. The van der Waals surface area contributed by atoms with Crippen molar-refractivity contribution < 1.29 is 4.79 Å². The lowest BCUT2D eigenvalue weighted by molar-refractivity contribution is -0.135. The third-order valence-corrected chi connectivity index (χ3v) is 3.87. The molecule has 1 aliphatic rings. The van der Waals surface area contributed by atoms with E-state index in [0.717, 1.165) is 24.9 Å². The minimum Gasteiger partial charge on any atom is -0.339 e. The molecule has 0 saturated carbocycles. The van der Waals surface area contributed by atoms with E-state index >= 15 is 0 Å². The van der Waals surface area contributed by atoms with Gasteiger partial charge in [0.15, 0.2) is 0 Å². The van der Waals surface area contributed by atoms with Gasteiger partial charge in [0, 0.05) is 18.6 Å². The summed E-state index contributed by atoms with van der Waals surface area (Å²) in [5, 5.41) is 0. The molecule has 1 saturated heterocycles. The average molecular weight is 246 g/mol. The molecular formula is C15H22N2O. The number of hydrogen-bond acceptors (Lipinski definition) is 2. The summed E-state index contributed by atoms with van der Waals surface area (Å²) in [6.07, 6.45) is 1.82. The smallest absolute Gasteiger partial charge is 0.230 e. The number of nitrogens with two attached hydrogens (primary N) is 1. The van der Waals surface area contributed by atoms with Crippen LogP contribution in [0.25, 0.3) is 0 Å². The molecule has 3 heteroatoms. The fourth-order valence-corrected chi connectivity index (χ4v) is 2.67. The molecule has 1 fully saturated rings. The summed E-state index contributed by atoms with van der Waals surface area (Å²) in [7, 11) is 0. The number of amides is 1. The molecule has 0 radical (unpaired) electrons. The first-order chi connectivity index (χ1) is 8.59. The molecular weight excluding hydrogens is 224 g/mol. The molecule has 3 unspecified atom stereocenters. The Bertz CT molecular complexity index is 404.